The molecule has 0 aliphatic rings. The normalized spacial score (nSPS) is 10.8. The summed E-state index contributed by atoms with van der Waals surface area (Å²) in [7, 11) is 0. The van der Waals surface area contributed by atoms with Crippen molar-refractivity contribution in [2.45, 2.75) is 13.8 Å². The van der Waals surface area contributed by atoms with E-state index in [0.29, 0.717) is 5.89 Å². The summed E-state index contributed by atoms with van der Waals surface area (Å²) in [6.45, 7) is 4.01. The SMILES string of the molecule is Cc1ccc(-c2nc(C)c(-c3n[nH]c(=S)o3)s2)cc1. The third-order valence-corrected chi connectivity index (χ3v) is 4.10. The van der Waals surface area contributed by atoms with Crippen molar-refractivity contribution in [3.8, 4) is 21.3 Å². The number of nitrogens with zero attached hydrogens (tertiary/aromatic N) is 2. The largest absolute Gasteiger partial charge is 0.408 e. The van der Waals surface area contributed by atoms with Crippen LogP contribution in [-0.2, 0) is 0 Å². The maximum atomic E-state index is 5.34. The van der Waals surface area contributed by atoms with Gasteiger partial charge in [0.15, 0.2) is 0 Å². The second-order valence-electron chi connectivity index (χ2n) is 4.22. The lowest BCUT2D eigenvalue weighted by Crippen LogP contribution is -1.79. The highest BCUT2D eigenvalue weighted by Gasteiger charge is 2.15. The minimum absolute atomic E-state index is 0.277. The fourth-order valence-corrected chi connectivity index (χ4v) is 2.86. The number of hydrogen-bond acceptors (Lipinski definition) is 5. The van der Waals surface area contributed by atoms with Gasteiger partial charge in [0.05, 0.1) is 5.69 Å². The first kappa shape index (κ1) is 12.3. The lowest BCUT2D eigenvalue weighted by atomic mass is 10.2. The number of aromatic nitrogens is 3. The lowest BCUT2D eigenvalue weighted by molar-refractivity contribution is 0.553. The molecule has 6 heteroatoms. The predicted molar refractivity (Wildman–Crippen MR) is 77.7 cm³/mol. The van der Waals surface area contributed by atoms with Crippen LogP contribution in [0.4, 0.5) is 0 Å². The van der Waals surface area contributed by atoms with Crippen molar-refractivity contribution in [3.63, 3.8) is 0 Å². The fourth-order valence-electron chi connectivity index (χ4n) is 1.74. The molecule has 0 fully saturated rings. The smallest absolute Gasteiger partial charge is 0.284 e. The average molecular weight is 289 g/mol. The van der Waals surface area contributed by atoms with Gasteiger partial charge in [-0.25, -0.2) is 10.1 Å². The molecule has 0 bridgehead atoms. The van der Waals surface area contributed by atoms with Gasteiger partial charge >= 0.3 is 0 Å². The second-order valence-corrected chi connectivity index (χ2v) is 5.59. The first-order valence-corrected chi connectivity index (χ1v) is 6.96. The van der Waals surface area contributed by atoms with Gasteiger partial charge in [-0.2, -0.15) is 0 Å². The molecule has 0 saturated carbocycles. The molecule has 4 nitrogen and oxygen atoms in total. The highest BCUT2D eigenvalue weighted by molar-refractivity contribution is 7.71. The number of thiazole rings is 1. The molecule has 96 valence electrons. The van der Waals surface area contributed by atoms with Crippen molar-refractivity contribution >= 4 is 23.6 Å². The van der Waals surface area contributed by atoms with E-state index in [1.54, 1.807) is 11.3 Å². The van der Waals surface area contributed by atoms with Crippen molar-refractivity contribution < 1.29 is 4.42 Å². The van der Waals surface area contributed by atoms with Crippen molar-refractivity contribution in [3.05, 3.63) is 40.4 Å². The summed E-state index contributed by atoms with van der Waals surface area (Å²) in [5.41, 5.74) is 3.22. The van der Waals surface area contributed by atoms with Crippen LogP contribution < -0.4 is 0 Å². The highest BCUT2D eigenvalue weighted by atomic mass is 32.1. The van der Waals surface area contributed by atoms with Crippen molar-refractivity contribution in [2.75, 3.05) is 0 Å². The minimum Gasteiger partial charge on any atom is -0.408 e. The van der Waals surface area contributed by atoms with Crippen LogP contribution in [0.3, 0.4) is 0 Å². The average Bonchev–Trinajstić information content (AvgIpc) is 2.96. The summed E-state index contributed by atoms with van der Waals surface area (Å²) < 4.78 is 5.34. The first-order chi connectivity index (χ1) is 9.13. The summed E-state index contributed by atoms with van der Waals surface area (Å²) >= 11 is 6.44. The highest BCUT2D eigenvalue weighted by Crippen LogP contribution is 2.34. The van der Waals surface area contributed by atoms with Crippen LogP contribution in [-0.4, -0.2) is 15.2 Å². The van der Waals surface area contributed by atoms with Crippen molar-refractivity contribution in [1.82, 2.24) is 15.2 Å². The minimum atomic E-state index is 0.277. The van der Waals surface area contributed by atoms with E-state index >= 15 is 0 Å². The lowest BCUT2D eigenvalue weighted by Gasteiger charge is -1.96. The van der Waals surface area contributed by atoms with Gasteiger partial charge in [0.1, 0.15) is 9.88 Å². The zero-order valence-electron chi connectivity index (χ0n) is 10.4. The van der Waals surface area contributed by atoms with Crippen LogP contribution in [0.15, 0.2) is 28.7 Å². The second kappa shape index (κ2) is 4.71. The Morgan fingerprint density at radius 2 is 1.95 bits per heavy atom. The summed E-state index contributed by atoms with van der Waals surface area (Å²) in [6, 6.07) is 8.28. The summed E-state index contributed by atoms with van der Waals surface area (Å²) in [6.07, 6.45) is 0. The van der Waals surface area contributed by atoms with E-state index in [0.717, 1.165) is 21.1 Å². The van der Waals surface area contributed by atoms with Gasteiger partial charge in [-0.15, -0.1) is 16.4 Å². The van der Waals surface area contributed by atoms with Crippen LogP contribution in [0.5, 0.6) is 0 Å². The van der Waals surface area contributed by atoms with Gasteiger partial charge in [-0.05, 0) is 26.1 Å². The van der Waals surface area contributed by atoms with Crippen molar-refractivity contribution in [2.24, 2.45) is 0 Å². The van der Waals surface area contributed by atoms with Gasteiger partial charge in [0, 0.05) is 5.56 Å². The van der Waals surface area contributed by atoms with Gasteiger partial charge in [0.25, 0.3) is 10.7 Å². The Morgan fingerprint density at radius 1 is 1.21 bits per heavy atom. The number of H-pyrrole nitrogens is 1. The van der Waals surface area contributed by atoms with E-state index in [1.165, 1.54) is 5.56 Å². The van der Waals surface area contributed by atoms with Crippen LogP contribution in [0.25, 0.3) is 21.3 Å². The Hall–Kier alpha value is -1.79. The van der Waals surface area contributed by atoms with Gasteiger partial charge < -0.3 is 4.42 Å². The Bertz CT molecular complexity index is 768. The molecule has 0 spiro atoms. The quantitative estimate of drug-likeness (QED) is 0.720. The molecular formula is C13H11N3OS2. The Labute approximate surface area is 119 Å². The van der Waals surface area contributed by atoms with Crippen molar-refractivity contribution in [1.29, 1.82) is 0 Å². The standard InChI is InChI=1S/C13H11N3OS2/c1-7-3-5-9(6-4-7)12-14-8(2)10(19-12)11-15-16-13(18)17-11/h3-6H,1-2H3,(H,16,18). The Balaban J connectivity index is 2.06. The van der Waals surface area contributed by atoms with Crippen LogP contribution in [0.1, 0.15) is 11.3 Å². The fraction of sp³-hybridized carbons (Fsp3) is 0.154. The molecular weight excluding hydrogens is 278 g/mol. The van der Waals surface area contributed by atoms with Gasteiger partial charge in [0.2, 0.25) is 0 Å². The molecule has 0 aliphatic carbocycles. The van der Waals surface area contributed by atoms with E-state index in [9.17, 15) is 0 Å². The Kier molecular flexibility index (Phi) is 3.04. The van der Waals surface area contributed by atoms with Crippen LogP contribution >= 0.6 is 23.6 Å². The molecule has 0 atom stereocenters. The number of hydrogen-bond donors (Lipinski definition) is 1. The maximum absolute atomic E-state index is 5.34. The molecule has 3 aromatic rings. The number of benzene rings is 1. The van der Waals surface area contributed by atoms with E-state index in [4.69, 9.17) is 16.6 Å². The molecule has 2 aromatic heterocycles. The molecule has 3 rings (SSSR count). The molecule has 0 unspecified atom stereocenters. The number of aromatic amines is 1. The zero-order valence-corrected chi connectivity index (χ0v) is 12.1. The maximum Gasteiger partial charge on any atom is 0.284 e. The molecule has 0 aliphatic heterocycles. The number of rotatable bonds is 2. The summed E-state index contributed by atoms with van der Waals surface area (Å²) in [5, 5.41) is 7.63. The Morgan fingerprint density at radius 3 is 2.58 bits per heavy atom. The zero-order chi connectivity index (χ0) is 13.4. The predicted octanol–water partition coefficient (Wildman–Crippen LogP) is 4.14. The molecule has 0 amide bonds. The number of aryl methyl sites for hydroxylation is 2. The number of nitrogens with one attached hydrogen (secondary N) is 1. The van der Waals surface area contributed by atoms with E-state index in [2.05, 4.69) is 46.4 Å². The molecule has 19 heavy (non-hydrogen) atoms. The molecule has 0 saturated heterocycles. The molecule has 0 radical (unpaired) electrons. The topological polar surface area (TPSA) is 54.7 Å². The summed E-state index contributed by atoms with van der Waals surface area (Å²) in [5.74, 6) is 0.498. The molecule has 1 N–H and O–H groups in total. The third-order valence-electron chi connectivity index (χ3n) is 2.73. The van der Waals surface area contributed by atoms with E-state index in [1.807, 2.05) is 6.92 Å². The van der Waals surface area contributed by atoms with Gasteiger partial charge in [-0.3, -0.25) is 0 Å². The van der Waals surface area contributed by atoms with Crippen LogP contribution in [0.2, 0.25) is 0 Å². The van der Waals surface area contributed by atoms with Gasteiger partial charge in [-0.1, -0.05) is 29.8 Å². The third kappa shape index (κ3) is 2.36. The molecule has 1 aromatic carbocycles. The first-order valence-electron chi connectivity index (χ1n) is 5.74. The monoisotopic (exact) mass is 289 g/mol. The van der Waals surface area contributed by atoms with E-state index in [-0.39, 0.29) is 4.84 Å². The molecule has 2 heterocycles. The van der Waals surface area contributed by atoms with E-state index < -0.39 is 0 Å². The summed E-state index contributed by atoms with van der Waals surface area (Å²) in [4.78, 5) is 5.75. The van der Waals surface area contributed by atoms with Crippen LogP contribution in [0, 0.1) is 18.7 Å².